The van der Waals surface area contributed by atoms with E-state index in [9.17, 15) is 5.11 Å². The second-order valence-corrected chi connectivity index (χ2v) is 5.95. The number of ether oxygens (including phenoxy) is 2. The Morgan fingerprint density at radius 3 is 2.32 bits per heavy atom. The Balaban J connectivity index is 1.70. The maximum absolute atomic E-state index is 10.2. The van der Waals surface area contributed by atoms with Crippen LogP contribution in [0, 0.1) is 0 Å². The quantitative estimate of drug-likeness (QED) is 0.502. The summed E-state index contributed by atoms with van der Waals surface area (Å²) in [5.74, 6) is 0.169. The topological polar surface area (TPSA) is 69.4 Å². The van der Waals surface area contributed by atoms with Gasteiger partial charge in [-0.05, 0) is 55.5 Å². The van der Waals surface area contributed by atoms with Gasteiger partial charge in [0.05, 0.1) is 0 Å². The van der Waals surface area contributed by atoms with E-state index >= 15 is 0 Å². The van der Waals surface area contributed by atoms with Gasteiger partial charge in [0, 0.05) is 14.2 Å². The van der Waals surface area contributed by atoms with Crippen LogP contribution >= 0.6 is 0 Å². The van der Waals surface area contributed by atoms with Crippen molar-refractivity contribution in [2.45, 2.75) is 32.0 Å². The Bertz CT molecular complexity index is 795. The zero-order valence-electron chi connectivity index (χ0n) is 14.6. The summed E-state index contributed by atoms with van der Waals surface area (Å²) in [5.41, 5.74) is 3.34. The molecule has 1 heterocycles. The number of phenolic OH excluding ortho intramolecular Hbond substituents is 1. The van der Waals surface area contributed by atoms with E-state index in [0.717, 1.165) is 42.3 Å². The molecule has 0 spiro atoms. The van der Waals surface area contributed by atoms with Gasteiger partial charge in [-0.15, -0.1) is 15.0 Å². The third kappa shape index (κ3) is 4.15. The van der Waals surface area contributed by atoms with Gasteiger partial charge in [-0.1, -0.05) is 18.2 Å². The summed E-state index contributed by atoms with van der Waals surface area (Å²) in [4.78, 5) is 1.50. The van der Waals surface area contributed by atoms with Crippen LogP contribution in [0.15, 0.2) is 42.5 Å². The number of methoxy groups -OCH3 is 2. The maximum Gasteiger partial charge on any atom is 0.156 e. The number of benzene rings is 2. The van der Waals surface area contributed by atoms with E-state index in [1.165, 1.54) is 4.80 Å². The molecule has 132 valence electrons. The molecule has 0 saturated heterocycles. The van der Waals surface area contributed by atoms with Crippen molar-refractivity contribution in [2.75, 3.05) is 14.2 Å². The van der Waals surface area contributed by atoms with E-state index < -0.39 is 0 Å². The van der Waals surface area contributed by atoms with Crippen molar-refractivity contribution in [3.63, 3.8) is 0 Å². The van der Waals surface area contributed by atoms with Gasteiger partial charge in [-0.2, -0.15) is 0 Å². The molecule has 3 aromatic rings. The molecule has 0 unspecified atom stereocenters. The third-order valence-corrected chi connectivity index (χ3v) is 4.22. The zero-order chi connectivity index (χ0) is 17.6. The van der Waals surface area contributed by atoms with Crippen molar-refractivity contribution in [1.82, 2.24) is 15.0 Å². The smallest absolute Gasteiger partial charge is 0.156 e. The number of unbranched alkanes of at least 4 members (excludes halogenated alkanes) is 1. The van der Waals surface area contributed by atoms with E-state index in [1.54, 1.807) is 20.3 Å². The number of fused-ring (bicyclic) bond motifs is 1. The summed E-state index contributed by atoms with van der Waals surface area (Å²) < 4.78 is 10.4. The number of rotatable bonds is 8. The maximum atomic E-state index is 10.2. The first-order chi connectivity index (χ1) is 12.2. The third-order valence-electron chi connectivity index (χ3n) is 4.22. The van der Waals surface area contributed by atoms with Crippen LogP contribution in [-0.2, 0) is 15.9 Å². The minimum atomic E-state index is -0.143. The summed E-state index contributed by atoms with van der Waals surface area (Å²) in [5, 5.41) is 19.1. The molecule has 0 aliphatic rings. The fourth-order valence-electron chi connectivity index (χ4n) is 2.82. The molecule has 0 radical (unpaired) electrons. The molecule has 0 atom stereocenters. The Hall–Kier alpha value is -2.44. The van der Waals surface area contributed by atoms with Crippen LogP contribution in [0.5, 0.6) is 5.75 Å². The highest BCUT2D eigenvalue weighted by Crippen LogP contribution is 2.24. The van der Waals surface area contributed by atoms with Crippen LogP contribution < -0.4 is 0 Å². The monoisotopic (exact) mass is 341 g/mol. The van der Waals surface area contributed by atoms with Crippen LogP contribution in [0.2, 0.25) is 0 Å². The molecule has 0 amide bonds. The molecule has 6 heteroatoms. The van der Waals surface area contributed by atoms with Gasteiger partial charge in [0.1, 0.15) is 22.5 Å². The molecule has 25 heavy (non-hydrogen) atoms. The second kappa shape index (κ2) is 8.09. The number of nitrogens with zero attached hydrogens (tertiary/aromatic N) is 3. The summed E-state index contributed by atoms with van der Waals surface area (Å²) in [6.07, 6.45) is 3.66. The predicted molar refractivity (Wildman–Crippen MR) is 95.9 cm³/mol. The highest BCUT2D eigenvalue weighted by atomic mass is 16.7. The van der Waals surface area contributed by atoms with E-state index in [-0.39, 0.29) is 12.0 Å². The minimum absolute atomic E-state index is 0.143. The molecule has 1 N–H and O–H groups in total. The number of aryl methyl sites for hydroxylation is 1. The molecule has 3 rings (SSSR count). The first-order valence-corrected chi connectivity index (χ1v) is 8.41. The number of aromatic hydroxyl groups is 1. The molecule has 2 aromatic carbocycles. The summed E-state index contributed by atoms with van der Waals surface area (Å²) in [6.45, 7) is 0. The highest BCUT2D eigenvalue weighted by molar-refractivity contribution is 5.73. The van der Waals surface area contributed by atoms with Gasteiger partial charge in [-0.25, -0.2) is 0 Å². The van der Waals surface area contributed by atoms with Gasteiger partial charge in [0.15, 0.2) is 6.29 Å². The van der Waals surface area contributed by atoms with E-state index in [2.05, 4.69) is 10.2 Å². The average Bonchev–Trinajstić information content (AvgIpc) is 3.07. The number of phenols is 1. The summed E-state index contributed by atoms with van der Waals surface area (Å²) >= 11 is 0. The fourth-order valence-corrected chi connectivity index (χ4v) is 2.82. The lowest BCUT2D eigenvalue weighted by molar-refractivity contribution is -0.107. The van der Waals surface area contributed by atoms with Crippen molar-refractivity contribution in [3.05, 3.63) is 48.0 Å². The lowest BCUT2D eigenvalue weighted by atomic mass is 10.1. The number of hydrogen-bond donors (Lipinski definition) is 1. The SMILES string of the molecule is COC(CCCCc1ccc(O)c(-n2nc3ccccc3n2)c1)OC. The van der Waals surface area contributed by atoms with Crippen molar-refractivity contribution in [1.29, 1.82) is 0 Å². The van der Waals surface area contributed by atoms with E-state index in [0.29, 0.717) is 5.69 Å². The van der Waals surface area contributed by atoms with Gasteiger partial charge in [0.25, 0.3) is 0 Å². The van der Waals surface area contributed by atoms with Gasteiger partial charge in [-0.3, -0.25) is 0 Å². The predicted octanol–water partition coefficient (Wildman–Crippen LogP) is 3.46. The van der Waals surface area contributed by atoms with Crippen LogP contribution in [0.3, 0.4) is 0 Å². The molecule has 6 nitrogen and oxygen atoms in total. The van der Waals surface area contributed by atoms with Gasteiger partial charge < -0.3 is 14.6 Å². The molecular weight excluding hydrogens is 318 g/mol. The van der Waals surface area contributed by atoms with E-state index in [1.807, 2.05) is 36.4 Å². The molecule has 0 aliphatic heterocycles. The molecule has 0 fully saturated rings. The van der Waals surface area contributed by atoms with Crippen LogP contribution in [0.25, 0.3) is 16.7 Å². The molecule has 0 saturated carbocycles. The van der Waals surface area contributed by atoms with Gasteiger partial charge in [0.2, 0.25) is 0 Å². The normalized spacial score (nSPS) is 11.5. The van der Waals surface area contributed by atoms with Crippen molar-refractivity contribution >= 4 is 11.0 Å². The lowest BCUT2D eigenvalue weighted by Gasteiger charge is -2.12. The van der Waals surface area contributed by atoms with E-state index in [4.69, 9.17) is 9.47 Å². The molecule has 1 aromatic heterocycles. The Kier molecular flexibility index (Phi) is 5.63. The van der Waals surface area contributed by atoms with Crippen molar-refractivity contribution in [2.24, 2.45) is 0 Å². The van der Waals surface area contributed by atoms with Gasteiger partial charge >= 0.3 is 0 Å². The van der Waals surface area contributed by atoms with Crippen LogP contribution in [-0.4, -0.2) is 40.6 Å². The first-order valence-electron chi connectivity index (χ1n) is 8.41. The molecular formula is C19H23N3O3. The van der Waals surface area contributed by atoms with Crippen LogP contribution in [0.4, 0.5) is 0 Å². The average molecular weight is 341 g/mol. The van der Waals surface area contributed by atoms with Crippen molar-refractivity contribution in [3.8, 4) is 11.4 Å². The number of aromatic nitrogens is 3. The molecule has 0 bridgehead atoms. The fraction of sp³-hybridized carbons (Fsp3) is 0.368. The largest absolute Gasteiger partial charge is 0.506 e. The van der Waals surface area contributed by atoms with Crippen LogP contribution in [0.1, 0.15) is 24.8 Å². The second-order valence-electron chi connectivity index (χ2n) is 5.95. The Labute approximate surface area is 147 Å². The minimum Gasteiger partial charge on any atom is -0.506 e. The number of hydrogen-bond acceptors (Lipinski definition) is 5. The lowest BCUT2D eigenvalue weighted by Crippen LogP contribution is -2.12. The summed E-state index contributed by atoms with van der Waals surface area (Å²) in [6, 6.07) is 13.2. The standard InChI is InChI=1S/C19H23N3O3/c1-24-19(25-2)10-6-3-7-14-11-12-18(23)17(13-14)22-20-15-8-4-5-9-16(15)21-22/h4-5,8-9,11-13,19,23H,3,6-7,10H2,1-2H3. The Morgan fingerprint density at radius 1 is 1.00 bits per heavy atom. The zero-order valence-corrected chi connectivity index (χ0v) is 14.6. The van der Waals surface area contributed by atoms with Crippen molar-refractivity contribution < 1.29 is 14.6 Å². The first kappa shape index (κ1) is 17.4. The Morgan fingerprint density at radius 2 is 1.68 bits per heavy atom. The molecule has 0 aliphatic carbocycles. The summed E-state index contributed by atoms with van der Waals surface area (Å²) in [7, 11) is 3.31. The highest BCUT2D eigenvalue weighted by Gasteiger charge is 2.10.